The molecule has 0 N–H and O–H groups in total. The molecule has 1 amide bonds. The van der Waals surface area contributed by atoms with Gasteiger partial charge in [-0.05, 0) is 31.0 Å². The van der Waals surface area contributed by atoms with Crippen molar-refractivity contribution >= 4 is 25.8 Å². The Morgan fingerprint density at radius 3 is 2.37 bits per heavy atom. The highest BCUT2D eigenvalue weighted by molar-refractivity contribution is 7.91. The van der Waals surface area contributed by atoms with Gasteiger partial charge >= 0.3 is 0 Å². The van der Waals surface area contributed by atoms with Crippen molar-refractivity contribution in [1.82, 2.24) is 9.21 Å². The Balaban J connectivity index is 2.35. The number of rotatable bonds is 8. The van der Waals surface area contributed by atoms with Crippen LogP contribution in [0.2, 0.25) is 0 Å². The second kappa shape index (κ2) is 8.70. The van der Waals surface area contributed by atoms with Crippen LogP contribution < -0.4 is 0 Å². The monoisotopic (exact) mass is 416 g/mol. The van der Waals surface area contributed by atoms with Crippen molar-refractivity contribution in [2.45, 2.75) is 44.6 Å². The van der Waals surface area contributed by atoms with Gasteiger partial charge < -0.3 is 4.90 Å². The van der Waals surface area contributed by atoms with Gasteiger partial charge in [0.1, 0.15) is 0 Å². The highest BCUT2D eigenvalue weighted by Gasteiger charge is 2.35. The molecule has 1 fully saturated rings. The molecule has 9 heteroatoms. The maximum Gasteiger partial charge on any atom is 0.254 e. The first-order valence-electron chi connectivity index (χ1n) is 9.27. The lowest BCUT2D eigenvalue weighted by atomic mass is 10.1. The van der Waals surface area contributed by atoms with Crippen molar-refractivity contribution in [3.8, 4) is 0 Å². The molecule has 2 rings (SSSR count). The van der Waals surface area contributed by atoms with E-state index in [-0.39, 0.29) is 33.9 Å². The van der Waals surface area contributed by atoms with Gasteiger partial charge in [0.2, 0.25) is 10.0 Å². The summed E-state index contributed by atoms with van der Waals surface area (Å²) in [5, 5.41) is 0. The molecular weight excluding hydrogens is 388 g/mol. The Morgan fingerprint density at radius 1 is 1.19 bits per heavy atom. The molecule has 1 aliphatic heterocycles. The van der Waals surface area contributed by atoms with E-state index in [1.165, 1.54) is 16.4 Å². The number of hydrogen-bond acceptors (Lipinski definition) is 5. The first-order chi connectivity index (χ1) is 12.7. The van der Waals surface area contributed by atoms with Gasteiger partial charge in [-0.1, -0.05) is 26.8 Å². The van der Waals surface area contributed by atoms with Crippen molar-refractivity contribution in [2.24, 2.45) is 0 Å². The molecule has 27 heavy (non-hydrogen) atoms. The normalized spacial score (nSPS) is 19.3. The van der Waals surface area contributed by atoms with E-state index in [0.29, 0.717) is 32.5 Å². The number of nitrogens with zero attached hydrogens (tertiary/aromatic N) is 2. The second-order valence-electron chi connectivity index (χ2n) is 6.67. The fourth-order valence-electron chi connectivity index (χ4n) is 3.38. The first kappa shape index (κ1) is 21.8. The average Bonchev–Trinajstić information content (AvgIpc) is 2.99. The molecule has 0 radical (unpaired) electrons. The molecule has 1 aromatic rings. The summed E-state index contributed by atoms with van der Waals surface area (Å²) in [7, 11) is -6.79. The molecular formula is C18H28N2O5S2. The molecule has 152 valence electrons. The van der Waals surface area contributed by atoms with Crippen molar-refractivity contribution in [2.75, 3.05) is 31.1 Å². The number of carbonyl (C=O) groups excluding carboxylic acids is 1. The van der Waals surface area contributed by atoms with Crippen LogP contribution in [0.3, 0.4) is 0 Å². The third kappa shape index (κ3) is 4.89. The molecule has 0 bridgehead atoms. The molecule has 7 nitrogen and oxygen atoms in total. The lowest BCUT2D eigenvalue weighted by Gasteiger charge is -2.28. The summed E-state index contributed by atoms with van der Waals surface area (Å²) in [6, 6.07) is 5.65. The minimum Gasteiger partial charge on any atom is -0.335 e. The zero-order valence-electron chi connectivity index (χ0n) is 16.1. The Morgan fingerprint density at radius 2 is 1.85 bits per heavy atom. The molecule has 0 unspecified atom stereocenters. The lowest BCUT2D eigenvalue weighted by Crippen LogP contribution is -2.41. The van der Waals surface area contributed by atoms with Crippen LogP contribution in [0.4, 0.5) is 0 Å². The summed E-state index contributed by atoms with van der Waals surface area (Å²) in [5.74, 6) is -0.270. The largest absolute Gasteiger partial charge is 0.335 e. The fraction of sp³-hybridized carbons (Fsp3) is 0.611. The van der Waals surface area contributed by atoms with E-state index in [2.05, 4.69) is 0 Å². The Bertz CT molecular complexity index is 877. The minimum atomic E-state index is -3.67. The van der Waals surface area contributed by atoms with Crippen molar-refractivity contribution in [3.63, 3.8) is 0 Å². The van der Waals surface area contributed by atoms with Gasteiger partial charge in [-0.25, -0.2) is 16.8 Å². The van der Waals surface area contributed by atoms with Gasteiger partial charge in [-0.3, -0.25) is 4.79 Å². The first-order valence-corrected chi connectivity index (χ1v) is 12.5. The van der Waals surface area contributed by atoms with Crippen LogP contribution in [-0.2, 0) is 19.9 Å². The molecule has 0 saturated carbocycles. The van der Waals surface area contributed by atoms with Crippen molar-refractivity contribution in [1.29, 1.82) is 0 Å². The van der Waals surface area contributed by atoms with Crippen LogP contribution in [0, 0.1) is 0 Å². The number of sulfone groups is 1. The van der Waals surface area contributed by atoms with Gasteiger partial charge in [0.05, 0.1) is 16.4 Å². The zero-order valence-corrected chi connectivity index (χ0v) is 17.7. The standard InChI is InChI=1S/C18H28N2O5S2/c1-4-11-20(16-10-12-26(22,23)14-16)18(21)15-8-7-9-17(13-15)27(24,25)19(5-2)6-3/h7-9,13,16H,4-6,10-12,14H2,1-3H3/t16-/m1/s1. The van der Waals surface area contributed by atoms with Gasteiger partial charge in [-0.15, -0.1) is 0 Å². The Kier molecular flexibility index (Phi) is 7.04. The van der Waals surface area contributed by atoms with Crippen LogP contribution in [0.1, 0.15) is 44.0 Å². The third-order valence-corrected chi connectivity index (χ3v) is 8.59. The van der Waals surface area contributed by atoms with Gasteiger partial charge in [-0.2, -0.15) is 4.31 Å². The van der Waals surface area contributed by atoms with E-state index in [4.69, 9.17) is 0 Å². The number of benzene rings is 1. The van der Waals surface area contributed by atoms with Crippen LogP contribution in [-0.4, -0.2) is 69.1 Å². The van der Waals surface area contributed by atoms with E-state index in [0.717, 1.165) is 0 Å². The maximum absolute atomic E-state index is 13.0. The van der Waals surface area contributed by atoms with E-state index >= 15 is 0 Å². The van der Waals surface area contributed by atoms with E-state index in [9.17, 15) is 21.6 Å². The Labute approximate surface area is 162 Å². The molecule has 0 aromatic heterocycles. The maximum atomic E-state index is 13.0. The predicted octanol–water partition coefficient (Wildman–Crippen LogP) is 1.76. The summed E-state index contributed by atoms with van der Waals surface area (Å²) < 4.78 is 50.4. The number of sulfonamides is 1. The fourth-order valence-corrected chi connectivity index (χ4v) is 6.62. The smallest absolute Gasteiger partial charge is 0.254 e. The van der Waals surface area contributed by atoms with E-state index in [1.807, 2.05) is 6.92 Å². The van der Waals surface area contributed by atoms with E-state index in [1.54, 1.807) is 30.9 Å². The molecule has 0 aliphatic carbocycles. The quantitative estimate of drug-likeness (QED) is 0.644. The summed E-state index contributed by atoms with van der Waals surface area (Å²) in [6.45, 7) is 6.58. The molecule has 0 spiro atoms. The summed E-state index contributed by atoms with van der Waals surface area (Å²) >= 11 is 0. The summed E-state index contributed by atoms with van der Waals surface area (Å²) in [6.07, 6.45) is 1.12. The van der Waals surface area contributed by atoms with Crippen molar-refractivity contribution < 1.29 is 21.6 Å². The molecule has 1 aromatic carbocycles. The molecule has 1 atom stereocenters. The van der Waals surface area contributed by atoms with Gasteiger partial charge in [0.15, 0.2) is 9.84 Å². The molecule has 1 saturated heterocycles. The number of hydrogen-bond donors (Lipinski definition) is 0. The van der Waals surface area contributed by atoms with Crippen LogP contribution >= 0.6 is 0 Å². The lowest BCUT2D eigenvalue weighted by molar-refractivity contribution is 0.0697. The van der Waals surface area contributed by atoms with Crippen LogP contribution in [0.15, 0.2) is 29.2 Å². The van der Waals surface area contributed by atoms with Crippen LogP contribution in [0.25, 0.3) is 0 Å². The predicted molar refractivity (Wildman–Crippen MR) is 105 cm³/mol. The SMILES string of the molecule is CCCN(C(=O)c1cccc(S(=O)(=O)N(CC)CC)c1)[C@@H]1CCS(=O)(=O)C1. The van der Waals surface area contributed by atoms with Gasteiger partial charge in [0.25, 0.3) is 5.91 Å². The average molecular weight is 417 g/mol. The van der Waals surface area contributed by atoms with Crippen molar-refractivity contribution in [3.05, 3.63) is 29.8 Å². The van der Waals surface area contributed by atoms with Gasteiger partial charge in [0, 0.05) is 31.2 Å². The topological polar surface area (TPSA) is 91.8 Å². The van der Waals surface area contributed by atoms with Crippen LogP contribution in [0.5, 0.6) is 0 Å². The molecule has 1 aliphatic rings. The second-order valence-corrected chi connectivity index (χ2v) is 10.8. The summed E-state index contributed by atoms with van der Waals surface area (Å²) in [4.78, 5) is 14.7. The number of amides is 1. The minimum absolute atomic E-state index is 0.0316. The zero-order chi connectivity index (χ0) is 20.2. The Hall–Kier alpha value is -1.45. The molecule has 1 heterocycles. The third-order valence-electron chi connectivity index (χ3n) is 4.80. The highest BCUT2D eigenvalue weighted by Crippen LogP contribution is 2.22. The van der Waals surface area contributed by atoms with E-state index < -0.39 is 19.9 Å². The number of carbonyl (C=O) groups is 1. The highest BCUT2D eigenvalue weighted by atomic mass is 32.2. The summed E-state index contributed by atoms with van der Waals surface area (Å²) in [5.41, 5.74) is 0.265.